The lowest BCUT2D eigenvalue weighted by Gasteiger charge is -2.32. The van der Waals surface area contributed by atoms with Crippen molar-refractivity contribution in [2.24, 2.45) is 0 Å². The third-order valence-electron chi connectivity index (χ3n) is 6.23. The number of fused-ring (bicyclic) bond motifs is 1. The number of aromatic nitrogens is 2. The zero-order valence-electron chi connectivity index (χ0n) is 19.9. The Bertz CT molecular complexity index is 1160. The summed E-state index contributed by atoms with van der Waals surface area (Å²) in [4.78, 5) is 19.5. The van der Waals surface area contributed by atoms with Crippen molar-refractivity contribution in [1.29, 1.82) is 0 Å². The van der Waals surface area contributed by atoms with E-state index in [2.05, 4.69) is 20.8 Å². The van der Waals surface area contributed by atoms with Gasteiger partial charge in [-0.15, -0.1) is 0 Å². The molecule has 0 spiro atoms. The number of hydrogen-bond acceptors (Lipinski definition) is 4. The van der Waals surface area contributed by atoms with Gasteiger partial charge in [0.1, 0.15) is 24.3 Å². The van der Waals surface area contributed by atoms with E-state index in [4.69, 9.17) is 21.3 Å². The molecule has 176 valence electrons. The Balaban J connectivity index is 1.55. The van der Waals surface area contributed by atoms with Crippen LogP contribution in [0.15, 0.2) is 36.4 Å². The molecule has 0 bridgehead atoms. The van der Waals surface area contributed by atoms with Crippen LogP contribution in [0.3, 0.4) is 0 Å². The Morgan fingerprint density at radius 3 is 2.52 bits per heavy atom. The van der Waals surface area contributed by atoms with E-state index in [1.54, 1.807) is 0 Å². The maximum atomic E-state index is 12.7. The van der Waals surface area contributed by atoms with Crippen LogP contribution in [0, 0.1) is 13.8 Å². The van der Waals surface area contributed by atoms with Gasteiger partial charge in [0.25, 0.3) is 0 Å². The van der Waals surface area contributed by atoms with Gasteiger partial charge in [-0.1, -0.05) is 23.7 Å². The highest BCUT2D eigenvalue weighted by atomic mass is 35.5. The highest BCUT2D eigenvalue weighted by Gasteiger charge is 2.39. The second kappa shape index (κ2) is 8.99. The lowest BCUT2D eigenvalue weighted by Crippen LogP contribution is -2.42. The number of halogens is 1. The molecule has 1 aromatic heterocycles. The number of amides is 1. The summed E-state index contributed by atoms with van der Waals surface area (Å²) in [5.74, 6) is 1.65. The molecule has 7 heteroatoms. The van der Waals surface area contributed by atoms with Crippen LogP contribution >= 0.6 is 11.6 Å². The van der Waals surface area contributed by atoms with Gasteiger partial charge in [-0.2, -0.15) is 0 Å². The van der Waals surface area contributed by atoms with Crippen LogP contribution < -0.4 is 4.74 Å². The third kappa shape index (κ3) is 4.87. The monoisotopic (exact) mass is 469 g/mol. The molecule has 0 unspecified atom stereocenters. The Morgan fingerprint density at radius 2 is 1.88 bits per heavy atom. The molecular weight excluding hydrogens is 438 g/mol. The number of ether oxygens (including phenoxy) is 1. The molecule has 2 atom stereocenters. The van der Waals surface area contributed by atoms with E-state index in [1.807, 2.05) is 59.7 Å². The highest BCUT2D eigenvalue weighted by Crippen LogP contribution is 2.34. The van der Waals surface area contributed by atoms with Crippen LogP contribution in [-0.4, -0.2) is 50.3 Å². The second-order valence-corrected chi connectivity index (χ2v) is 10.4. The average molecular weight is 470 g/mol. The van der Waals surface area contributed by atoms with Crippen molar-refractivity contribution in [1.82, 2.24) is 14.5 Å². The molecule has 1 aliphatic heterocycles. The number of likely N-dealkylation sites (tertiary alicyclic amines) is 1. The number of imidazole rings is 1. The molecule has 0 saturated carbocycles. The van der Waals surface area contributed by atoms with Gasteiger partial charge in [0.05, 0.1) is 17.6 Å². The lowest BCUT2D eigenvalue weighted by atomic mass is 10.1. The fraction of sp³-hybridized carbons (Fsp3) is 0.462. The van der Waals surface area contributed by atoms with E-state index in [0.29, 0.717) is 25.3 Å². The molecule has 1 N–H and O–H groups in total. The Hall–Kier alpha value is -2.57. The molecule has 1 saturated heterocycles. The zero-order chi connectivity index (χ0) is 23.9. The molecule has 0 aliphatic carbocycles. The molecule has 4 rings (SSSR count). The summed E-state index contributed by atoms with van der Waals surface area (Å²) >= 11 is 6.25. The van der Waals surface area contributed by atoms with Crippen molar-refractivity contribution in [3.63, 3.8) is 0 Å². The third-order valence-corrected chi connectivity index (χ3v) is 6.83. The first kappa shape index (κ1) is 23.6. The maximum Gasteiger partial charge on any atom is 0.223 e. The van der Waals surface area contributed by atoms with Gasteiger partial charge in [0, 0.05) is 29.4 Å². The molecule has 6 nitrogen and oxygen atoms in total. The van der Waals surface area contributed by atoms with Gasteiger partial charge in [-0.05, 0) is 70.0 Å². The number of rotatable bonds is 6. The van der Waals surface area contributed by atoms with Crippen LogP contribution in [0.1, 0.15) is 50.1 Å². The normalized spacial score (nSPS) is 17.7. The quantitative estimate of drug-likeness (QED) is 0.559. The smallest absolute Gasteiger partial charge is 0.223 e. The minimum absolute atomic E-state index is 0.0150. The molecule has 33 heavy (non-hydrogen) atoms. The number of benzene rings is 2. The number of para-hydroxylation sites is 2. The minimum atomic E-state index is -0.742. The first-order chi connectivity index (χ1) is 15.5. The maximum absolute atomic E-state index is 12.7. The van der Waals surface area contributed by atoms with Crippen LogP contribution in [0.4, 0.5) is 0 Å². The highest BCUT2D eigenvalue weighted by molar-refractivity contribution is 6.32. The van der Waals surface area contributed by atoms with Crippen molar-refractivity contribution in [2.75, 3.05) is 13.2 Å². The van der Waals surface area contributed by atoms with Gasteiger partial charge in [0.15, 0.2) is 0 Å². The Morgan fingerprint density at radius 1 is 1.21 bits per heavy atom. The van der Waals surface area contributed by atoms with Crippen molar-refractivity contribution in [3.05, 3.63) is 58.4 Å². The van der Waals surface area contributed by atoms with E-state index < -0.39 is 6.10 Å². The minimum Gasteiger partial charge on any atom is -0.491 e. The largest absolute Gasteiger partial charge is 0.491 e. The Labute approximate surface area is 200 Å². The molecule has 1 fully saturated rings. The van der Waals surface area contributed by atoms with Crippen molar-refractivity contribution in [2.45, 2.75) is 65.1 Å². The summed E-state index contributed by atoms with van der Waals surface area (Å²) in [7, 11) is 0. The fourth-order valence-corrected chi connectivity index (χ4v) is 4.68. The van der Waals surface area contributed by atoms with E-state index in [9.17, 15) is 9.90 Å². The van der Waals surface area contributed by atoms with Gasteiger partial charge < -0.3 is 19.3 Å². The molecular formula is C26H32ClN3O3. The van der Waals surface area contributed by atoms with E-state index >= 15 is 0 Å². The van der Waals surface area contributed by atoms with Crippen LogP contribution in [0.5, 0.6) is 5.75 Å². The molecule has 2 aromatic carbocycles. The number of carbonyl (C=O) groups excluding carboxylic acids is 1. The molecule has 0 radical (unpaired) electrons. The Kier molecular flexibility index (Phi) is 6.43. The number of hydrogen-bond donors (Lipinski definition) is 1. The summed E-state index contributed by atoms with van der Waals surface area (Å²) in [5, 5.41) is 11.6. The van der Waals surface area contributed by atoms with Gasteiger partial charge in [-0.25, -0.2) is 4.98 Å². The first-order valence-corrected chi connectivity index (χ1v) is 11.8. The van der Waals surface area contributed by atoms with Crippen molar-refractivity contribution >= 4 is 28.5 Å². The van der Waals surface area contributed by atoms with Gasteiger partial charge in [-0.3, -0.25) is 4.79 Å². The summed E-state index contributed by atoms with van der Waals surface area (Å²) in [6, 6.07) is 11.7. The summed E-state index contributed by atoms with van der Waals surface area (Å²) in [6.07, 6.45) is -0.315. The fourth-order valence-electron chi connectivity index (χ4n) is 4.57. The SMILES string of the molecule is Cc1cc(OC[C@@H](O)Cn2c([C@H]3CC(=O)N(C(C)(C)C)C3)nc3ccccc32)cc(C)c1Cl. The molecule has 3 aromatic rings. The second-order valence-electron chi connectivity index (χ2n) is 9.98. The molecule has 1 amide bonds. The van der Waals surface area contributed by atoms with E-state index in [0.717, 1.165) is 33.0 Å². The standard InChI is InChI=1S/C26H32ClN3O3/c1-16-10-20(11-17(2)24(16)27)33-15-19(31)14-29-22-9-7-6-8-21(22)28-25(29)18-12-23(32)30(13-18)26(3,4)5/h6-11,18-19,31H,12-15H2,1-5H3/t18-,19-/m0/s1. The number of nitrogens with zero attached hydrogens (tertiary/aromatic N) is 3. The van der Waals surface area contributed by atoms with Crippen LogP contribution in [0.2, 0.25) is 5.02 Å². The lowest BCUT2D eigenvalue weighted by molar-refractivity contribution is -0.131. The van der Waals surface area contributed by atoms with E-state index in [-0.39, 0.29) is 24.0 Å². The van der Waals surface area contributed by atoms with Gasteiger partial charge >= 0.3 is 0 Å². The number of aliphatic hydroxyl groups is 1. The summed E-state index contributed by atoms with van der Waals surface area (Å²) in [6.45, 7) is 11.1. The number of aryl methyl sites for hydroxylation is 2. The summed E-state index contributed by atoms with van der Waals surface area (Å²) < 4.78 is 7.93. The van der Waals surface area contributed by atoms with Crippen LogP contribution in [-0.2, 0) is 11.3 Å². The summed E-state index contributed by atoms with van der Waals surface area (Å²) in [5.41, 5.74) is 3.47. The predicted molar refractivity (Wildman–Crippen MR) is 131 cm³/mol. The number of aliphatic hydroxyl groups excluding tert-OH is 1. The molecule has 2 heterocycles. The van der Waals surface area contributed by atoms with E-state index in [1.165, 1.54) is 0 Å². The predicted octanol–water partition coefficient (Wildman–Crippen LogP) is 4.86. The topological polar surface area (TPSA) is 67.6 Å². The van der Waals surface area contributed by atoms with Crippen molar-refractivity contribution in [3.8, 4) is 5.75 Å². The van der Waals surface area contributed by atoms with Gasteiger partial charge in [0.2, 0.25) is 5.91 Å². The average Bonchev–Trinajstić information content (AvgIpc) is 3.31. The first-order valence-electron chi connectivity index (χ1n) is 11.4. The molecule has 1 aliphatic rings. The number of carbonyl (C=O) groups is 1. The van der Waals surface area contributed by atoms with Crippen molar-refractivity contribution < 1.29 is 14.6 Å². The zero-order valence-corrected chi connectivity index (χ0v) is 20.7. The van der Waals surface area contributed by atoms with Crippen LogP contribution in [0.25, 0.3) is 11.0 Å².